The Morgan fingerprint density at radius 3 is 1.32 bits per heavy atom. The van der Waals surface area contributed by atoms with Crippen LogP contribution in [0.2, 0.25) is 0 Å². The Labute approximate surface area is 310 Å². The maximum Gasteiger partial charge on any atom is 0.472 e. The fourth-order valence-electron chi connectivity index (χ4n) is 6.08. The number of hydrogen-bond acceptors (Lipinski definition) is 6. The van der Waals surface area contributed by atoms with E-state index in [4.69, 9.17) is 18.5 Å². The molecule has 0 aromatic heterocycles. The molecule has 0 aromatic carbocycles. The fraction of sp³-hybridized carbons (Fsp3) is 0.976. The second kappa shape index (κ2) is 35.5. The van der Waals surface area contributed by atoms with Crippen LogP contribution in [-0.4, -0.2) is 75.6 Å². The highest BCUT2D eigenvalue weighted by Crippen LogP contribution is 2.43. The zero-order valence-electron chi connectivity index (χ0n) is 33.9. The lowest BCUT2D eigenvalue weighted by Gasteiger charge is -2.24. The Morgan fingerprint density at radius 1 is 0.540 bits per heavy atom. The first-order valence-corrected chi connectivity index (χ1v) is 22.8. The number of likely N-dealkylation sites (N-methyl/N-ethyl adjacent to an activating group) is 1. The van der Waals surface area contributed by atoms with E-state index in [0.717, 1.165) is 32.1 Å². The van der Waals surface area contributed by atoms with Crippen LogP contribution < -0.4 is 0 Å². The third-order valence-electron chi connectivity index (χ3n) is 9.42. The van der Waals surface area contributed by atoms with E-state index in [1.807, 2.05) is 21.1 Å². The first-order valence-electron chi connectivity index (χ1n) is 21.3. The van der Waals surface area contributed by atoms with Crippen molar-refractivity contribution in [3.63, 3.8) is 0 Å². The van der Waals surface area contributed by atoms with Gasteiger partial charge in [0.2, 0.25) is 0 Å². The third-order valence-corrected chi connectivity index (χ3v) is 10.4. The van der Waals surface area contributed by atoms with Crippen molar-refractivity contribution in [2.75, 3.05) is 54.1 Å². The van der Waals surface area contributed by atoms with Crippen molar-refractivity contribution in [2.45, 2.75) is 206 Å². The number of quaternary nitrogens is 1. The second-order valence-corrected chi connectivity index (χ2v) is 17.2. The third kappa shape index (κ3) is 38.7. The molecule has 50 heavy (non-hydrogen) atoms. The molecule has 0 rings (SSSR count). The lowest BCUT2D eigenvalue weighted by molar-refractivity contribution is -0.870. The number of unbranched alkanes of at least 4 members (excludes halogenated alkanes) is 26. The number of hydrogen-bond donors (Lipinski definition) is 1. The maximum atomic E-state index is 12.7. The molecule has 0 bridgehead atoms. The lowest BCUT2D eigenvalue weighted by atomic mass is 10.0. The van der Waals surface area contributed by atoms with Crippen LogP contribution in [-0.2, 0) is 27.9 Å². The summed E-state index contributed by atoms with van der Waals surface area (Å²) in [5.41, 5.74) is 0. The average Bonchev–Trinajstić information content (AvgIpc) is 3.06. The summed E-state index contributed by atoms with van der Waals surface area (Å²) in [7, 11) is 1.68. The van der Waals surface area contributed by atoms with Gasteiger partial charge in [-0.3, -0.25) is 13.8 Å². The molecule has 300 valence electrons. The molecule has 0 aromatic rings. The van der Waals surface area contributed by atoms with E-state index in [0.29, 0.717) is 24.1 Å². The van der Waals surface area contributed by atoms with E-state index in [-0.39, 0.29) is 25.8 Å². The van der Waals surface area contributed by atoms with Crippen molar-refractivity contribution in [1.29, 1.82) is 0 Å². The molecule has 1 unspecified atom stereocenters. The van der Waals surface area contributed by atoms with E-state index in [9.17, 15) is 14.3 Å². The number of rotatable bonds is 40. The van der Waals surface area contributed by atoms with E-state index in [2.05, 4.69) is 13.8 Å². The van der Waals surface area contributed by atoms with Gasteiger partial charge in [0.05, 0.1) is 34.4 Å². The monoisotopic (exact) mass is 735 g/mol. The lowest BCUT2D eigenvalue weighted by Crippen LogP contribution is -2.37. The van der Waals surface area contributed by atoms with Crippen LogP contribution in [0.4, 0.5) is 0 Å². The van der Waals surface area contributed by atoms with Gasteiger partial charge < -0.3 is 18.9 Å². The Bertz CT molecular complexity index is 777. The first kappa shape index (κ1) is 49.5. The Balaban J connectivity index is 4.21. The zero-order chi connectivity index (χ0) is 37.0. The smallest absolute Gasteiger partial charge is 0.457 e. The summed E-state index contributed by atoms with van der Waals surface area (Å²) in [6, 6.07) is 0. The molecular formula is C41H85NO7P+. The topological polar surface area (TPSA) is 91.3 Å². The summed E-state index contributed by atoms with van der Waals surface area (Å²) in [5.74, 6) is -0.309. The van der Waals surface area contributed by atoms with E-state index < -0.39 is 13.9 Å². The van der Waals surface area contributed by atoms with Gasteiger partial charge in [-0.15, -0.1) is 0 Å². The molecule has 0 spiro atoms. The molecular weight excluding hydrogens is 649 g/mol. The summed E-state index contributed by atoms with van der Waals surface area (Å²) >= 11 is 0. The van der Waals surface area contributed by atoms with Gasteiger partial charge in [-0.05, 0) is 12.8 Å². The van der Waals surface area contributed by atoms with Gasteiger partial charge in [0.1, 0.15) is 19.3 Å². The molecule has 0 aliphatic carbocycles. The molecule has 2 atom stereocenters. The largest absolute Gasteiger partial charge is 0.472 e. The minimum Gasteiger partial charge on any atom is -0.457 e. The summed E-state index contributed by atoms with van der Waals surface area (Å²) in [5, 5.41) is 0. The normalized spacial score (nSPS) is 13.8. The minimum atomic E-state index is -4.26. The predicted molar refractivity (Wildman–Crippen MR) is 211 cm³/mol. The van der Waals surface area contributed by atoms with Crippen molar-refractivity contribution in [3.8, 4) is 0 Å². The SMILES string of the molecule is CCCCCCCCCCCCCCCCOC[C@H](COP(=O)(O)OCC[N+](C)(C)C)OC(=O)CCCCCCCCCCCCCCCC. The van der Waals surface area contributed by atoms with Gasteiger partial charge >= 0.3 is 13.8 Å². The summed E-state index contributed by atoms with van der Waals surface area (Å²) < 4.78 is 35.0. The van der Waals surface area contributed by atoms with Crippen LogP contribution in [0.5, 0.6) is 0 Å². The van der Waals surface area contributed by atoms with Gasteiger partial charge in [-0.2, -0.15) is 0 Å². The van der Waals surface area contributed by atoms with Crippen LogP contribution in [0.25, 0.3) is 0 Å². The number of esters is 1. The van der Waals surface area contributed by atoms with E-state index in [1.54, 1.807) is 0 Å². The number of phosphoric ester groups is 1. The molecule has 9 heteroatoms. The molecule has 0 heterocycles. The summed E-state index contributed by atoms with van der Waals surface area (Å²) in [6.07, 6.45) is 35.5. The molecule has 0 saturated carbocycles. The van der Waals surface area contributed by atoms with Crippen LogP contribution >= 0.6 is 7.82 Å². The number of carbonyl (C=O) groups is 1. The van der Waals surface area contributed by atoms with E-state index in [1.165, 1.54) is 148 Å². The van der Waals surface area contributed by atoms with Gasteiger partial charge in [0.25, 0.3) is 0 Å². The standard InChI is InChI=1S/C41H84NO7P/c1-6-8-10-12-14-16-18-20-22-24-26-28-30-32-34-41(43)49-40(39-48-50(44,45)47-37-35-42(3,4)5)38-46-36-33-31-29-27-25-23-21-19-17-15-13-11-9-7-2/h40H,6-39H2,1-5H3/p+1/t40-/m1/s1. The molecule has 0 aliphatic rings. The first-order chi connectivity index (χ1) is 24.1. The highest BCUT2D eigenvalue weighted by atomic mass is 31.2. The average molecular weight is 735 g/mol. The van der Waals surface area contributed by atoms with Crippen LogP contribution in [0, 0.1) is 0 Å². The van der Waals surface area contributed by atoms with Crippen molar-refractivity contribution >= 4 is 13.8 Å². The molecule has 1 N–H and O–H groups in total. The van der Waals surface area contributed by atoms with E-state index >= 15 is 0 Å². The zero-order valence-corrected chi connectivity index (χ0v) is 34.8. The number of ether oxygens (including phenoxy) is 2. The van der Waals surface area contributed by atoms with Crippen LogP contribution in [0.3, 0.4) is 0 Å². The highest BCUT2D eigenvalue weighted by Gasteiger charge is 2.26. The summed E-state index contributed by atoms with van der Waals surface area (Å²) in [6.45, 7) is 5.67. The number of phosphoric acid groups is 1. The predicted octanol–water partition coefficient (Wildman–Crippen LogP) is 12.1. The fourth-order valence-corrected chi connectivity index (χ4v) is 6.82. The van der Waals surface area contributed by atoms with Gasteiger partial charge in [0.15, 0.2) is 0 Å². The van der Waals surface area contributed by atoms with Crippen molar-refractivity contribution in [1.82, 2.24) is 0 Å². The van der Waals surface area contributed by atoms with Crippen molar-refractivity contribution in [2.24, 2.45) is 0 Å². The number of nitrogens with zero attached hydrogens (tertiary/aromatic N) is 1. The molecule has 0 amide bonds. The Kier molecular flexibility index (Phi) is 35.2. The summed E-state index contributed by atoms with van der Waals surface area (Å²) in [4.78, 5) is 22.8. The molecule has 0 fully saturated rings. The Hall–Kier alpha value is -0.500. The van der Waals surface area contributed by atoms with Gasteiger partial charge in [-0.1, -0.05) is 181 Å². The molecule has 0 radical (unpaired) electrons. The molecule has 8 nitrogen and oxygen atoms in total. The minimum absolute atomic E-state index is 0.0937. The highest BCUT2D eigenvalue weighted by molar-refractivity contribution is 7.47. The van der Waals surface area contributed by atoms with Gasteiger partial charge in [0, 0.05) is 13.0 Å². The van der Waals surface area contributed by atoms with Crippen molar-refractivity contribution < 1.29 is 37.3 Å². The van der Waals surface area contributed by atoms with Gasteiger partial charge in [-0.25, -0.2) is 4.57 Å². The van der Waals surface area contributed by atoms with Crippen molar-refractivity contribution in [3.05, 3.63) is 0 Å². The maximum absolute atomic E-state index is 12.7. The quantitative estimate of drug-likeness (QED) is 0.0290. The number of carbonyl (C=O) groups excluding carboxylic acids is 1. The second-order valence-electron chi connectivity index (χ2n) is 15.7. The van der Waals surface area contributed by atoms with Crippen LogP contribution in [0.15, 0.2) is 0 Å². The Morgan fingerprint density at radius 2 is 0.920 bits per heavy atom. The molecule has 0 aliphatic heterocycles. The molecule has 0 saturated heterocycles. The van der Waals surface area contributed by atoms with Crippen LogP contribution in [0.1, 0.15) is 200 Å².